The van der Waals surface area contributed by atoms with E-state index in [4.69, 9.17) is 9.47 Å². The van der Waals surface area contributed by atoms with Crippen LogP contribution in [0.2, 0.25) is 0 Å². The second-order valence-electron chi connectivity index (χ2n) is 3.37. The fraction of sp³-hybridized carbons (Fsp3) is 0.0714. The summed E-state index contributed by atoms with van der Waals surface area (Å²) in [5.74, 6) is 0.636. The number of ether oxygens (including phenoxy) is 2. The number of carbonyl (C=O) groups excluding carboxylic acids is 1. The average molecular weight is 227 g/mol. The van der Waals surface area contributed by atoms with E-state index >= 15 is 0 Å². The minimum Gasteiger partial charge on any atom is -0.450 e. The molecule has 0 aromatic heterocycles. The molecule has 1 atom stereocenters. The van der Waals surface area contributed by atoms with E-state index in [9.17, 15) is 4.79 Å². The van der Waals surface area contributed by atoms with E-state index in [1.807, 2.05) is 48.5 Å². The Morgan fingerprint density at radius 2 is 1.47 bits per heavy atom. The third-order valence-corrected chi connectivity index (χ3v) is 2.21. The molecule has 0 aliphatic heterocycles. The summed E-state index contributed by atoms with van der Waals surface area (Å²) in [4.78, 5) is 10.4. The first-order chi connectivity index (χ1) is 8.40. The van der Waals surface area contributed by atoms with Gasteiger partial charge in [0.2, 0.25) is 0 Å². The predicted molar refractivity (Wildman–Crippen MR) is 63.0 cm³/mol. The van der Waals surface area contributed by atoms with Gasteiger partial charge >= 0.3 is 6.47 Å². The molecule has 2 rings (SSSR count). The summed E-state index contributed by atoms with van der Waals surface area (Å²) >= 11 is 0. The third-order valence-electron chi connectivity index (χ3n) is 2.21. The maximum atomic E-state index is 10.4. The van der Waals surface area contributed by atoms with Crippen LogP contribution >= 0.6 is 0 Å². The van der Waals surface area contributed by atoms with Crippen molar-refractivity contribution < 1.29 is 14.3 Å². The first-order valence-electron chi connectivity index (χ1n) is 5.19. The second kappa shape index (κ2) is 5.70. The van der Waals surface area contributed by atoms with Gasteiger partial charge in [0.15, 0.2) is 0 Å². The van der Waals surface area contributed by atoms with Gasteiger partial charge in [0.05, 0.1) is 0 Å². The fourth-order valence-electron chi connectivity index (χ4n) is 1.44. The SMILES string of the molecule is O=[C]OC(Oc1ccccc1)c1ccccc1. The summed E-state index contributed by atoms with van der Waals surface area (Å²) < 4.78 is 10.4. The van der Waals surface area contributed by atoms with Crippen molar-refractivity contribution in [2.75, 3.05) is 0 Å². The fourth-order valence-corrected chi connectivity index (χ4v) is 1.44. The van der Waals surface area contributed by atoms with Gasteiger partial charge in [-0.05, 0) is 12.1 Å². The Morgan fingerprint density at radius 3 is 2.06 bits per heavy atom. The van der Waals surface area contributed by atoms with Gasteiger partial charge in [0.1, 0.15) is 5.75 Å². The van der Waals surface area contributed by atoms with Crippen LogP contribution in [0, 0.1) is 0 Å². The van der Waals surface area contributed by atoms with Gasteiger partial charge in [-0.25, -0.2) is 4.79 Å². The van der Waals surface area contributed by atoms with Gasteiger partial charge < -0.3 is 9.47 Å². The molecule has 0 saturated heterocycles. The van der Waals surface area contributed by atoms with Gasteiger partial charge in [-0.2, -0.15) is 0 Å². The van der Waals surface area contributed by atoms with Gasteiger partial charge in [-0.15, -0.1) is 0 Å². The van der Waals surface area contributed by atoms with Crippen molar-refractivity contribution in [3.05, 3.63) is 66.2 Å². The average Bonchev–Trinajstić information content (AvgIpc) is 2.40. The second-order valence-corrected chi connectivity index (χ2v) is 3.37. The smallest absolute Gasteiger partial charge is 0.420 e. The lowest BCUT2D eigenvalue weighted by Gasteiger charge is -2.16. The van der Waals surface area contributed by atoms with Crippen molar-refractivity contribution in [2.45, 2.75) is 6.29 Å². The molecule has 0 saturated carbocycles. The lowest BCUT2D eigenvalue weighted by molar-refractivity contribution is -0.00899. The molecule has 2 aromatic carbocycles. The zero-order valence-corrected chi connectivity index (χ0v) is 9.08. The minimum absolute atomic E-state index is 0.636. The molecule has 1 unspecified atom stereocenters. The quantitative estimate of drug-likeness (QED) is 0.737. The van der Waals surface area contributed by atoms with E-state index < -0.39 is 6.29 Å². The van der Waals surface area contributed by atoms with Crippen LogP contribution in [0.4, 0.5) is 0 Å². The molecule has 85 valence electrons. The van der Waals surface area contributed by atoms with Crippen LogP contribution in [0.5, 0.6) is 5.75 Å². The Morgan fingerprint density at radius 1 is 0.882 bits per heavy atom. The maximum Gasteiger partial charge on any atom is 0.420 e. The maximum absolute atomic E-state index is 10.4. The molecule has 0 amide bonds. The summed E-state index contributed by atoms with van der Waals surface area (Å²) in [6.45, 7) is 1.41. The molecule has 17 heavy (non-hydrogen) atoms. The van der Waals surface area contributed by atoms with Crippen LogP contribution in [0.3, 0.4) is 0 Å². The van der Waals surface area contributed by atoms with E-state index in [2.05, 4.69) is 0 Å². The van der Waals surface area contributed by atoms with E-state index in [-0.39, 0.29) is 0 Å². The zero-order valence-electron chi connectivity index (χ0n) is 9.08. The molecule has 3 nitrogen and oxygen atoms in total. The lowest BCUT2D eigenvalue weighted by atomic mass is 10.2. The van der Waals surface area contributed by atoms with Crippen LogP contribution in [-0.4, -0.2) is 6.47 Å². The Balaban J connectivity index is 2.16. The zero-order chi connectivity index (χ0) is 11.9. The van der Waals surface area contributed by atoms with Crippen molar-refractivity contribution in [2.24, 2.45) is 0 Å². The topological polar surface area (TPSA) is 35.5 Å². The van der Waals surface area contributed by atoms with Crippen LogP contribution in [0.25, 0.3) is 0 Å². The number of hydrogen-bond acceptors (Lipinski definition) is 3. The molecule has 3 heteroatoms. The van der Waals surface area contributed by atoms with Crippen molar-refractivity contribution >= 4 is 6.47 Å². The van der Waals surface area contributed by atoms with E-state index in [1.54, 1.807) is 12.1 Å². The molecule has 0 spiro atoms. The number of benzene rings is 2. The van der Waals surface area contributed by atoms with E-state index in [0.29, 0.717) is 5.75 Å². The van der Waals surface area contributed by atoms with E-state index in [1.165, 1.54) is 6.47 Å². The van der Waals surface area contributed by atoms with Gasteiger partial charge in [0, 0.05) is 5.56 Å². The number of rotatable bonds is 5. The molecular formula is C14H11O3. The Kier molecular flexibility index (Phi) is 3.76. The van der Waals surface area contributed by atoms with E-state index in [0.717, 1.165) is 5.56 Å². The van der Waals surface area contributed by atoms with Crippen LogP contribution in [0.1, 0.15) is 11.9 Å². The van der Waals surface area contributed by atoms with Crippen molar-refractivity contribution in [3.63, 3.8) is 0 Å². The lowest BCUT2D eigenvalue weighted by Crippen LogP contribution is -2.10. The minimum atomic E-state index is -0.768. The highest BCUT2D eigenvalue weighted by atomic mass is 16.7. The molecule has 1 radical (unpaired) electrons. The Hall–Kier alpha value is -2.29. The van der Waals surface area contributed by atoms with Crippen molar-refractivity contribution in [3.8, 4) is 5.75 Å². The molecule has 0 heterocycles. The molecule has 0 bridgehead atoms. The van der Waals surface area contributed by atoms with Crippen molar-refractivity contribution in [1.82, 2.24) is 0 Å². The molecule has 0 fully saturated rings. The normalized spacial score (nSPS) is 11.5. The highest BCUT2D eigenvalue weighted by Crippen LogP contribution is 2.21. The molecule has 2 aromatic rings. The van der Waals surface area contributed by atoms with Gasteiger partial charge in [-0.1, -0.05) is 48.5 Å². The molecular weight excluding hydrogens is 216 g/mol. The molecule has 0 aliphatic carbocycles. The standard InChI is InChI=1S/C14H11O3/c15-11-16-14(12-7-3-1-4-8-12)17-13-9-5-2-6-10-13/h1-10,14H. The van der Waals surface area contributed by atoms with Crippen LogP contribution < -0.4 is 4.74 Å². The first kappa shape index (κ1) is 11.2. The number of hydrogen-bond donors (Lipinski definition) is 0. The van der Waals surface area contributed by atoms with Gasteiger partial charge in [-0.3, -0.25) is 0 Å². The van der Waals surface area contributed by atoms with Crippen LogP contribution in [0.15, 0.2) is 60.7 Å². The third kappa shape index (κ3) is 3.08. The summed E-state index contributed by atoms with van der Waals surface area (Å²) in [5, 5.41) is 0. The van der Waals surface area contributed by atoms with Gasteiger partial charge in [0.25, 0.3) is 6.29 Å². The van der Waals surface area contributed by atoms with Crippen molar-refractivity contribution in [1.29, 1.82) is 0 Å². The highest BCUT2D eigenvalue weighted by molar-refractivity contribution is 5.39. The van der Waals surface area contributed by atoms with Crippen LogP contribution in [-0.2, 0) is 9.53 Å². The monoisotopic (exact) mass is 227 g/mol. The Bertz CT molecular complexity index is 453. The molecule has 0 N–H and O–H groups in total. The largest absolute Gasteiger partial charge is 0.450 e. The summed E-state index contributed by atoms with van der Waals surface area (Å²) in [5.41, 5.74) is 0.764. The summed E-state index contributed by atoms with van der Waals surface area (Å²) in [7, 11) is 0. The summed E-state index contributed by atoms with van der Waals surface area (Å²) in [6, 6.07) is 18.4. The predicted octanol–water partition coefficient (Wildman–Crippen LogP) is 2.85. The first-order valence-corrected chi connectivity index (χ1v) is 5.19. The summed E-state index contributed by atoms with van der Waals surface area (Å²) in [6.07, 6.45) is -0.768. The highest BCUT2D eigenvalue weighted by Gasteiger charge is 2.13. The Labute approximate surface area is 99.6 Å². The molecule has 0 aliphatic rings. The number of para-hydroxylation sites is 1.